The number of allylic oxidation sites excluding steroid dienone is 4. The molecule has 8 atom stereocenters. The molecule has 0 saturated carbocycles. The van der Waals surface area contributed by atoms with E-state index in [0.29, 0.717) is 12.2 Å². The quantitative estimate of drug-likeness (QED) is 0.0205. The number of aliphatic hydroxyl groups is 3. The lowest BCUT2D eigenvalue weighted by atomic mass is 9.87. The van der Waals surface area contributed by atoms with Gasteiger partial charge in [0.15, 0.2) is 17.7 Å². The van der Waals surface area contributed by atoms with Crippen molar-refractivity contribution < 1.29 is 85.6 Å². The zero-order chi connectivity index (χ0) is 52.0. The van der Waals surface area contributed by atoms with Gasteiger partial charge in [0.25, 0.3) is 0 Å². The van der Waals surface area contributed by atoms with E-state index in [-0.39, 0.29) is 47.7 Å². The van der Waals surface area contributed by atoms with Gasteiger partial charge in [-0.25, -0.2) is 28.6 Å². The number of anilines is 1. The first-order valence-electron chi connectivity index (χ1n) is 22.7. The van der Waals surface area contributed by atoms with Crippen molar-refractivity contribution in [3.8, 4) is 0 Å². The number of nitrogens with two attached hydrogens (primary N) is 1. The van der Waals surface area contributed by atoms with Crippen LogP contribution in [0.3, 0.4) is 0 Å². The predicted molar refractivity (Wildman–Crippen MR) is 257 cm³/mol. The SMILES string of the molecule is CC/C=C\CC[C@@H](O)C/C=C\CCCCCCC/C=C/C(=O)SCCNC(=O)CCNC(=O)[C@H](O)C(C)(C)COP(=O)(O)OP(=O)(O)OC[C@H]1O[C@@H](n2cnc3c(N)ncnc32)[C@H](O)[C@@H]1OP(=O)(O)O. The molecule has 2 aromatic heterocycles. The van der Waals surface area contributed by atoms with Crippen molar-refractivity contribution in [2.24, 2.45) is 5.41 Å². The normalized spacial score (nSPS) is 20.5. The number of imidazole rings is 1. The third-order valence-electron chi connectivity index (χ3n) is 10.4. The van der Waals surface area contributed by atoms with Crippen molar-refractivity contribution in [2.45, 2.75) is 135 Å². The fourth-order valence-electron chi connectivity index (χ4n) is 6.63. The van der Waals surface area contributed by atoms with Crippen LogP contribution in [-0.2, 0) is 50.7 Å². The van der Waals surface area contributed by atoms with Crippen LogP contribution in [-0.4, -0.2) is 134 Å². The number of fused-ring (bicyclic) bond motifs is 1. The van der Waals surface area contributed by atoms with Crippen LogP contribution in [0.5, 0.6) is 0 Å². The number of thioether (sulfide) groups is 1. The second-order valence-corrected chi connectivity index (χ2v) is 22.1. The van der Waals surface area contributed by atoms with Gasteiger partial charge < -0.3 is 56.0 Å². The molecule has 1 aliphatic heterocycles. The lowest BCUT2D eigenvalue weighted by Crippen LogP contribution is -2.46. The first-order chi connectivity index (χ1) is 32.9. The maximum atomic E-state index is 12.7. The van der Waals surface area contributed by atoms with E-state index in [9.17, 15) is 63.0 Å². The molecule has 0 radical (unpaired) electrons. The van der Waals surface area contributed by atoms with Crippen molar-refractivity contribution in [1.29, 1.82) is 0 Å². The van der Waals surface area contributed by atoms with E-state index in [1.54, 1.807) is 0 Å². The third-order valence-corrected chi connectivity index (χ3v) is 14.3. The van der Waals surface area contributed by atoms with E-state index in [4.69, 9.17) is 19.5 Å². The zero-order valence-corrected chi connectivity index (χ0v) is 42.8. The number of phosphoric ester groups is 3. The van der Waals surface area contributed by atoms with Crippen LogP contribution in [0.1, 0.15) is 104 Å². The van der Waals surface area contributed by atoms with Crippen molar-refractivity contribution in [2.75, 3.05) is 37.8 Å². The standard InChI is InChI=1S/C41H68N7O18P3S/c1-4-5-6-15-18-29(49)19-16-13-11-9-7-8-10-12-14-17-20-32(51)70-24-23-43-31(50)21-22-44-39(54)36(53)41(2,3)26-63-69(60,61)66-68(58,59)62-25-30-35(65-67(55,56)57)34(52)40(64-30)48-28-47-33-37(42)45-27-46-38(33)48/h5-6,13,16-17,20,27-30,34-36,40,49,52-53H,4,7-12,14-15,18-19,21-26H2,1-3H3,(H,43,50)(H,44,54)(H,58,59)(H,60,61)(H2,42,45,46)(H2,55,56,57)/b6-5-,16-13-,20-17+/t29-,30-,34-,35-,36+,40-/m1/s1. The summed E-state index contributed by atoms with van der Waals surface area (Å²) >= 11 is 1.05. The van der Waals surface area contributed by atoms with Gasteiger partial charge in [0, 0.05) is 30.7 Å². The monoisotopic (exact) mass is 1070 g/mol. The molecule has 2 aromatic rings. The smallest absolute Gasteiger partial charge is 0.393 e. The number of carbonyl (C=O) groups excluding carboxylic acids is 3. The second-order valence-electron chi connectivity index (χ2n) is 16.8. The van der Waals surface area contributed by atoms with Gasteiger partial charge in [-0.05, 0) is 57.4 Å². The van der Waals surface area contributed by atoms with Crippen LogP contribution in [0.4, 0.5) is 5.82 Å². The summed E-state index contributed by atoms with van der Waals surface area (Å²) in [6.45, 7) is 2.55. The topological polar surface area (TPSA) is 384 Å². The molecule has 1 aliphatic rings. The number of nitrogens with zero attached hydrogens (tertiary/aromatic N) is 4. The lowest BCUT2D eigenvalue weighted by Gasteiger charge is -2.30. The van der Waals surface area contributed by atoms with Crippen molar-refractivity contribution >= 4 is 69.1 Å². The van der Waals surface area contributed by atoms with Gasteiger partial charge in [-0.1, -0.05) is 82.2 Å². The summed E-state index contributed by atoms with van der Waals surface area (Å²) < 4.78 is 62.4. The summed E-state index contributed by atoms with van der Waals surface area (Å²) in [7, 11) is -16.4. The Labute approximate surface area is 410 Å². The number of aliphatic hydroxyl groups excluding tert-OH is 3. The Balaban J connectivity index is 1.29. The molecule has 0 spiro atoms. The second kappa shape index (κ2) is 30.1. The number of phosphoric acid groups is 3. The Morgan fingerprint density at radius 1 is 0.914 bits per heavy atom. The molecule has 0 aliphatic carbocycles. The number of hydrogen-bond donors (Lipinski definition) is 10. The Morgan fingerprint density at radius 3 is 2.29 bits per heavy atom. The number of nitrogens with one attached hydrogen (secondary N) is 2. The molecule has 1 fully saturated rings. The molecule has 2 amide bonds. The van der Waals surface area contributed by atoms with E-state index < -0.39 is 84.6 Å². The number of carbonyl (C=O) groups is 3. The molecule has 70 heavy (non-hydrogen) atoms. The average Bonchev–Trinajstić information content (AvgIpc) is 3.85. The van der Waals surface area contributed by atoms with Crippen molar-refractivity contribution in [3.63, 3.8) is 0 Å². The van der Waals surface area contributed by atoms with Gasteiger partial charge in [-0.2, -0.15) is 4.31 Å². The number of ether oxygens (including phenoxy) is 1. The highest BCUT2D eigenvalue weighted by atomic mass is 32.2. The largest absolute Gasteiger partial charge is 0.481 e. The molecule has 29 heteroatoms. The van der Waals surface area contributed by atoms with Crippen LogP contribution in [0.2, 0.25) is 0 Å². The molecule has 0 bridgehead atoms. The summed E-state index contributed by atoms with van der Waals surface area (Å²) in [4.78, 5) is 88.3. The fourth-order valence-corrected chi connectivity index (χ4v) is 10.1. The van der Waals surface area contributed by atoms with Gasteiger partial charge in [0.05, 0.1) is 25.6 Å². The predicted octanol–water partition coefficient (Wildman–Crippen LogP) is 4.01. The minimum Gasteiger partial charge on any atom is -0.393 e. The van der Waals surface area contributed by atoms with Crippen molar-refractivity contribution in [1.82, 2.24) is 30.2 Å². The van der Waals surface area contributed by atoms with Crippen LogP contribution in [0, 0.1) is 5.41 Å². The van der Waals surface area contributed by atoms with Crippen LogP contribution in [0.25, 0.3) is 11.2 Å². The summed E-state index contributed by atoms with van der Waals surface area (Å²) in [5.41, 5.74) is 4.26. The third kappa shape index (κ3) is 22.7. The van der Waals surface area contributed by atoms with Gasteiger partial charge in [0.2, 0.25) is 16.9 Å². The first-order valence-corrected chi connectivity index (χ1v) is 28.2. The molecule has 2 unspecified atom stereocenters. The highest BCUT2D eigenvalue weighted by Gasteiger charge is 2.50. The molecule has 3 heterocycles. The van der Waals surface area contributed by atoms with E-state index in [1.165, 1.54) is 19.9 Å². The number of rotatable bonds is 34. The molecule has 396 valence electrons. The number of unbranched alkanes of at least 4 members (excludes halogenated alkanes) is 6. The van der Waals surface area contributed by atoms with E-state index >= 15 is 0 Å². The number of amides is 2. The molecule has 11 N–H and O–H groups in total. The van der Waals surface area contributed by atoms with Crippen LogP contribution < -0.4 is 16.4 Å². The Bertz CT molecular complexity index is 2210. The van der Waals surface area contributed by atoms with Gasteiger partial charge >= 0.3 is 23.5 Å². The molecule has 1 saturated heterocycles. The number of hydrogen-bond acceptors (Lipinski definition) is 19. The molecular weight excluding hydrogens is 1000 g/mol. The van der Waals surface area contributed by atoms with Gasteiger partial charge in [-0.15, -0.1) is 0 Å². The van der Waals surface area contributed by atoms with Gasteiger partial charge in [0.1, 0.15) is 36.3 Å². The molecule has 0 aromatic carbocycles. The lowest BCUT2D eigenvalue weighted by molar-refractivity contribution is -0.137. The maximum absolute atomic E-state index is 12.7. The minimum atomic E-state index is -5.58. The number of aromatic nitrogens is 4. The van der Waals surface area contributed by atoms with E-state index in [1.807, 2.05) is 6.08 Å². The van der Waals surface area contributed by atoms with Crippen LogP contribution in [0.15, 0.2) is 49.1 Å². The summed E-state index contributed by atoms with van der Waals surface area (Å²) in [5, 5.41) is 36.4. The molecule has 3 rings (SSSR count). The maximum Gasteiger partial charge on any atom is 0.481 e. The Kier molecular flexibility index (Phi) is 26.2. The molecular formula is C41H68N7O18P3S. The minimum absolute atomic E-state index is 0.0283. The van der Waals surface area contributed by atoms with E-state index in [2.05, 4.69) is 65.6 Å². The van der Waals surface area contributed by atoms with Gasteiger partial charge in [-0.3, -0.25) is 32.5 Å². The summed E-state index contributed by atoms with van der Waals surface area (Å²) in [6.07, 6.45) is 15.1. The first kappa shape index (κ1) is 61.0. The average molecular weight is 1070 g/mol. The molecule has 25 nitrogen and oxygen atoms in total. The Morgan fingerprint density at radius 2 is 1.59 bits per heavy atom. The van der Waals surface area contributed by atoms with Crippen molar-refractivity contribution in [3.05, 3.63) is 49.1 Å². The summed E-state index contributed by atoms with van der Waals surface area (Å²) in [6, 6.07) is 0. The fraction of sp³-hybridized carbons (Fsp3) is 0.659. The zero-order valence-electron chi connectivity index (χ0n) is 39.3. The van der Waals surface area contributed by atoms with E-state index in [0.717, 1.165) is 93.2 Å². The summed E-state index contributed by atoms with van der Waals surface area (Å²) in [5.74, 6) is -1.15. The highest BCUT2D eigenvalue weighted by Crippen LogP contribution is 2.61. The number of nitrogen functional groups attached to an aromatic ring is 1. The Hall–Kier alpha value is -3.26. The highest BCUT2D eigenvalue weighted by molar-refractivity contribution is 8.14. The van der Waals surface area contributed by atoms with Crippen LogP contribution >= 0.6 is 35.2 Å².